The summed E-state index contributed by atoms with van der Waals surface area (Å²) >= 11 is 1.66. The zero-order valence-corrected chi connectivity index (χ0v) is 15.8. The minimum atomic E-state index is 0.595. The second kappa shape index (κ2) is 8.57. The summed E-state index contributed by atoms with van der Waals surface area (Å²) in [6.45, 7) is 8.59. The Morgan fingerprint density at radius 1 is 1.43 bits per heavy atom. The zero-order valence-electron chi connectivity index (χ0n) is 15.0. The van der Waals surface area contributed by atoms with Crippen molar-refractivity contribution in [1.29, 1.82) is 0 Å². The van der Waals surface area contributed by atoms with Crippen LogP contribution in [0.25, 0.3) is 0 Å². The molecule has 1 fully saturated rings. The second-order valence-corrected chi connectivity index (χ2v) is 7.45. The molecule has 1 heterocycles. The first-order valence-corrected chi connectivity index (χ1v) is 9.70. The molecule has 0 aliphatic heterocycles. The third-order valence-electron chi connectivity index (χ3n) is 4.05. The molecule has 2 unspecified atom stereocenters. The van der Waals surface area contributed by atoms with Gasteiger partial charge in [0.15, 0.2) is 11.1 Å². The van der Waals surface area contributed by atoms with Crippen molar-refractivity contribution in [2.75, 3.05) is 19.8 Å². The molecule has 7 heteroatoms. The number of aromatic nitrogens is 3. The van der Waals surface area contributed by atoms with Crippen LogP contribution in [0, 0.1) is 11.8 Å². The Bertz CT molecular complexity index is 525. The lowest BCUT2D eigenvalue weighted by Crippen LogP contribution is -2.39. The van der Waals surface area contributed by atoms with E-state index in [1.807, 2.05) is 7.05 Å². The number of nitrogens with one attached hydrogen (secondary N) is 2. The van der Waals surface area contributed by atoms with Crippen molar-refractivity contribution in [3.05, 3.63) is 5.82 Å². The van der Waals surface area contributed by atoms with Crippen LogP contribution >= 0.6 is 11.8 Å². The maximum atomic E-state index is 4.36. The zero-order chi connectivity index (χ0) is 16.8. The number of guanidine groups is 1. The molecule has 6 nitrogen and oxygen atoms in total. The van der Waals surface area contributed by atoms with Crippen molar-refractivity contribution in [3.8, 4) is 0 Å². The molecule has 2 rings (SSSR count). The molecule has 0 amide bonds. The van der Waals surface area contributed by atoms with E-state index in [2.05, 4.69) is 57.4 Å². The normalized spacial score (nSPS) is 20.9. The SMILES string of the molecule is CN=C(NCCCc1nnc(SC)n1CC(C)C)NC1CC1C. The summed E-state index contributed by atoms with van der Waals surface area (Å²) < 4.78 is 2.26. The van der Waals surface area contributed by atoms with Crippen LogP contribution in [0.4, 0.5) is 0 Å². The second-order valence-electron chi connectivity index (χ2n) is 6.67. The van der Waals surface area contributed by atoms with E-state index in [0.29, 0.717) is 12.0 Å². The minimum absolute atomic E-state index is 0.595. The Hall–Kier alpha value is -1.24. The summed E-state index contributed by atoms with van der Waals surface area (Å²) in [7, 11) is 1.83. The van der Waals surface area contributed by atoms with Crippen LogP contribution in [0.1, 0.15) is 39.4 Å². The fourth-order valence-electron chi connectivity index (χ4n) is 2.55. The highest BCUT2D eigenvalue weighted by atomic mass is 32.2. The van der Waals surface area contributed by atoms with Gasteiger partial charge in [0.2, 0.25) is 0 Å². The Kier molecular flexibility index (Phi) is 6.74. The highest BCUT2D eigenvalue weighted by molar-refractivity contribution is 7.98. The van der Waals surface area contributed by atoms with Gasteiger partial charge in [-0.3, -0.25) is 4.99 Å². The van der Waals surface area contributed by atoms with Gasteiger partial charge < -0.3 is 15.2 Å². The summed E-state index contributed by atoms with van der Waals surface area (Å²) in [5, 5.41) is 16.5. The fraction of sp³-hybridized carbons (Fsp3) is 0.812. The summed E-state index contributed by atoms with van der Waals surface area (Å²) in [4.78, 5) is 4.28. The Morgan fingerprint density at radius 2 is 2.17 bits per heavy atom. The van der Waals surface area contributed by atoms with E-state index in [0.717, 1.165) is 48.8 Å². The average molecular weight is 339 g/mol. The van der Waals surface area contributed by atoms with Gasteiger partial charge in [-0.1, -0.05) is 32.5 Å². The molecule has 1 aliphatic carbocycles. The fourth-order valence-corrected chi connectivity index (χ4v) is 3.07. The highest BCUT2D eigenvalue weighted by Gasteiger charge is 2.33. The van der Waals surface area contributed by atoms with Crippen LogP contribution in [0.2, 0.25) is 0 Å². The highest BCUT2D eigenvalue weighted by Crippen LogP contribution is 2.28. The molecule has 0 bridgehead atoms. The van der Waals surface area contributed by atoms with Crippen molar-refractivity contribution in [2.24, 2.45) is 16.8 Å². The first kappa shape index (κ1) is 18.1. The van der Waals surface area contributed by atoms with Crippen molar-refractivity contribution < 1.29 is 0 Å². The van der Waals surface area contributed by atoms with Gasteiger partial charge in [-0.15, -0.1) is 10.2 Å². The third-order valence-corrected chi connectivity index (χ3v) is 4.72. The lowest BCUT2D eigenvalue weighted by molar-refractivity contribution is 0.477. The number of rotatable bonds is 8. The molecule has 2 N–H and O–H groups in total. The number of thioether (sulfide) groups is 1. The standard InChI is InChI=1S/C16H30N6S/c1-11(2)10-22-14(20-21-16(22)23-5)7-6-8-18-15(17-4)19-13-9-12(13)3/h11-13H,6-10H2,1-5H3,(H2,17,18,19). The van der Waals surface area contributed by atoms with Gasteiger partial charge in [-0.2, -0.15) is 0 Å². The molecule has 0 spiro atoms. The molecule has 23 heavy (non-hydrogen) atoms. The largest absolute Gasteiger partial charge is 0.356 e. The lowest BCUT2D eigenvalue weighted by atomic mass is 10.2. The Labute approximate surface area is 143 Å². The predicted molar refractivity (Wildman–Crippen MR) is 97.0 cm³/mol. The van der Waals surface area contributed by atoms with Crippen LogP contribution in [0.3, 0.4) is 0 Å². The van der Waals surface area contributed by atoms with Crippen LogP contribution in [0.15, 0.2) is 10.1 Å². The van der Waals surface area contributed by atoms with Gasteiger partial charge in [0.25, 0.3) is 0 Å². The molecule has 1 aromatic rings. The summed E-state index contributed by atoms with van der Waals surface area (Å²) in [5.41, 5.74) is 0. The maximum absolute atomic E-state index is 4.36. The predicted octanol–water partition coefficient (Wildman–Crippen LogP) is 2.16. The van der Waals surface area contributed by atoms with Gasteiger partial charge >= 0.3 is 0 Å². The number of aliphatic imine (C=N–C) groups is 1. The van der Waals surface area contributed by atoms with E-state index in [-0.39, 0.29) is 0 Å². The number of nitrogens with zero attached hydrogens (tertiary/aromatic N) is 4. The summed E-state index contributed by atoms with van der Waals surface area (Å²) in [5.74, 6) is 3.36. The average Bonchev–Trinajstić information content (AvgIpc) is 3.07. The summed E-state index contributed by atoms with van der Waals surface area (Å²) in [6, 6.07) is 0.597. The molecule has 0 radical (unpaired) electrons. The molecule has 0 aromatic carbocycles. The van der Waals surface area contributed by atoms with Crippen LogP contribution < -0.4 is 10.6 Å². The smallest absolute Gasteiger partial charge is 0.191 e. The van der Waals surface area contributed by atoms with E-state index in [1.54, 1.807) is 11.8 Å². The van der Waals surface area contributed by atoms with Gasteiger partial charge in [-0.05, 0) is 30.9 Å². The van der Waals surface area contributed by atoms with E-state index >= 15 is 0 Å². The molecule has 0 saturated heterocycles. The number of aryl methyl sites for hydroxylation is 1. The third kappa shape index (κ3) is 5.41. The molecule has 130 valence electrons. The number of hydrogen-bond donors (Lipinski definition) is 2. The Balaban J connectivity index is 1.78. The molecule has 1 aromatic heterocycles. The monoisotopic (exact) mass is 338 g/mol. The molecular formula is C16H30N6S. The van der Waals surface area contributed by atoms with E-state index in [1.165, 1.54) is 6.42 Å². The van der Waals surface area contributed by atoms with Crippen molar-refractivity contribution in [1.82, 2.24) is 25.4 Å². The number of hydrogen-bond acceptors (Lipinski definition) is 4. The topological polar surface area (TPSA) is 67.1 Å². The van der Waals surface area contributed by atoms with Crippen molar-refractivity contribution >= 4 is 17.7 Å². The van der Waals surface area contributed by atoms with Crippen molar-refractivity contribution in [2.45, 2.75) is 57.8 Å². The molecular weight excluding hydrogens is 308 g/mol. The first-order chi connectivity index (χ1) is 11.0. The lowest BCUT2D eigenvalue weighted by Gasteiger charge is -2.13. The van der Waals surface area contributed by atoms with Crippen LogP contribution in [-0.2, 0) is 13.0 Å². The molecule has 1 aliphatic rings. The maximum Gasteiger partial charge on any atom is 0.191 e. The van der Waals surface area contributed by atoms with Gasteiger partial charge in [0.1, 0.15) is 5.82 Å². The quantitative estimate of drug-likeness (QED) is 0.329. The van der Waals surface area contributed by atoms with Crippen molar-refractivity contribution in [3.63, 3.8) is 0 Å². The van der Waals surface area contributed by atoms with Crippen LogP contribution in [0.5, 0.6) is 0 Å². The summed E-state index contributed by atoms with van der Waals surface area (Å²) in [6.07, 6.45) is 5.26. The van der Waals surface area contributed by atoms with E-state index in [9.17, 15) is 0 Å². The van der Waals surface area contributed by atoms with Gasteiger partial charge in [0, 0.05) is 32.6 Å². The van der Waals surface area contributed by atoms with E-state index in [4.69, 9.17) is 0 Å². The van der Waals surface area contributed by atoms with E-state index < -0.39 is 0 Å². The van der Waals surface area contributed by atoms with Gasteiger partial charge in [0.05, 0.1) is 0 Å². The Morgan fingerprint density at radius 3 is 2.74 bits per heavy atom. The first-order valence-electron chi connectivity index (χ1n) is 8.48. The molecule has 2 atom stereocenters. The van der Waals surface area contributed by atoms with Gasteiger partial charge in [-0.25, -0.2) is 0 Å². The molecule has 1 saturated carbocycles. The minimum Gasteiger partial charge on any atom is -0.356 e. The van der Waals surface area contributed by atoms with Crippen LogP contribution in [-0.4, -0.2) is 46.6 Å².